The zero-order chi connectivity index (χ0) is 28.5. The molecule has 0 spiro atoms. The first-order valence-corrected chi connectivity index (χ1v) is 13.3. The van der Waals surface area contributed by atoms with Crippen molar-refractivity contribution in [2.75, 3.05) is 18.6 Å². The number of hydrogen-bond donors (Lipinski definition) is 8. The first kappa shape index (κ1) is 33.9. The molecule has 37 heavy (non-hydrogen) atoms. The number of carbonyl (C=O) groups excluding carboxylic acids is 3. The van der Waals surface area contributed by atoms with Crippen LogP contribution in [-0.4, -0.2) is 88.6 Å². The van der Waals surface area contributed by atoms with Crippen LogP contribution in [0.15, 0.2) is 4.99 Å². The van der Waals surface area contributed by atoms with Gasteiger partial charge < -0.3 is 43.4 Å². The normalized spacial score (nSPS) is 14.1. The standard InChI is InChI=1S/C22H41N7O7S/c1-12(2)11-16(21(35)36)29-19(33)14(5-4-9-26-22(24)25)28-20(34)15(6-7-17(30)31)27-18(32)13(23)8-10-37-3/h12-16H,4-11,23H2,1-3H3,(H,27,32)(H,28,34)(H,29,33)(H,30,31)(H,35,36)(H4,24,25,26). The Labute approximate surface area is 220 Å². The number of aliphatic carboxylic acids is 2. The Kier molecular flexibility index (Phi) is 16.7. The van der Waals surface area contributed by atoms with E-state index in [1.165, 1.54) is 11.8 Å². The Bertz CT molecular complexity index is 806. The van der Waals surface area contributed by atoms with E-state index in [9.17, 15) is 29.1 Å². The van der Waals surface area contributed by atoms with Crippen LogP contribution in [0.5, 0.6) is 0 Å². The van der Waals surface area contributed by atoms with Crippen molar-refractivity contribution < 1.29 is 34.2 Å². The van der Waals surface area contributed by atoms with E-state index in [1.54, 1.807) is 13.8 Å². The van der Waals surface area contributed by atoms with Crippen molar-refractivity contribution in [2.24, 2.45) is 28.1 Å². The molecule has 0 aromatic heterocycles. The highest BCUT2D eigenvalue weighted by Gasteiger charge is 2.30. The van der Waals surface area contributed by atoms with Crippen molar-refractivity contribution >= 4 is 47.4 Å². The minimum atomic E-state index is -1.28. The Morgan fingerprint density at radius 3 is 1.89 bits per heavy atom. The Hall–Kier alpha value is -3.07. The van der Waals surface area contributed by atoms with Crippen molar-refractivity contribution in [3.63, 3.8) is 0 Å². The van der Waals surface area contributed by atoms with Crippen molar-refractivity contribution in [2.45, 2.75) is 76.5 Å². The van der Waals surface area contributed by atoms with E-state index < -0.39 is 60.2 Å². The van der Waals surface area contributed by atoms with Gasteiger partial charge in [0.15, 0.2) is 5.96 Å². The number of rotatable bonds is 19. The summed E-state index contributed by atoms with van der Waals surface area (Å²) in [5.41, 5.74) is 16.5. The number of nitrogens with zero attached hydrogens (tertiary/aromatic N) is 1. The third kappa shape index (κ3) is 15.6. The monoisotopic (exact) mass is 547 g/mol. The highest BCUT2D eigenvalue weighted by atomic mass is 32.2. The number of aliphatic imine (C=N–C) groups is 1. The number of carboxylic acids is 2. The van der Waals surface area contributed by atoms with Gasteiger partial charge in [0.25, 0.3) is 0 Å². The van der Waals surface area contributed by atoms with Gasteiger partial charge in [-0.05, 0) is 50.0 Å². The van der Waals surface area contributed by atoms with Crippen molar-refractivity contribution in [3.8, 4) is 0 Å². The third-order valence-electron chi connectivity index (χ3n) is 5.15. The smallest absolute Gasteiger partial charge is 0.326 e. The van der Waals surface area contributed by atoms with E-state index in [1.807, 2.05) is 6.26 Å². The fourth-order valence-electron chi connectivity index (χ4n) is 3.20. The molecular formula is C22H41N7O7S. The van der Waals surface area contributed by atoms with Crippen LogP contribution in [0.25, 0.3) is 0 Å². The third-order valence-corrected chi connectivity index (χ3v) is 5.79. The number of nitrogens with one attached hydrogen (secondary N) is 3. The lowest BCUT2D eigenvalue weighted by molar-refractivity contribution is -0.142. The fourth-order valence-corrected chi connectivity index (χ4v) is 3.69. The van der Waals surface area contributed by atoms with E-state index in [4.69, 9.17) is 22.3 Å². The second kappa shape index (κ2) is 18.2. The van der Waals surface area contributed by atoms with Crippen LogP contribution >= 0.6 is 11.8 Å². The summed E-state index contributed by atoms with van der Waals surface area (Å²) in [6, 6.07) is -4.55. The molecule has 0 aromatic rings. The Morgan fingerprint density at radius 1 is 0.865 bits per heavy atom. The molecule has 0 saturated carbocycles. The number of carboxylic acid groups (broad SMARTS) is 2. The molecule has 0 aliphatic rings. The minimum absolute atomic E-state index is 0.0257. The molecule has 212 valence electrons. The van der Waals surface area contributed by atoms with Crippen LogP contribution in [0.3, 0.4) is 0 Å². The van der Waals surface area contributed by atoms with Gasteiger partial charge in [-0.3, -0.25) is 24.2 Å². The lowest BCUT2D eigenvalue weighted by Crippen LogP contribution is -2.57. The minimum Gasteiger partial charge on any atom is -0.481 e. The second-order valence-corrected chi connectivity index (χ2v) is 9.91. The number of nitrogens with two attached hydrogens (primary N) is 3. The number of hydrogen-bond acceptors (Lipinski definition) is 8. The van der Waals surface area contributed by atoms with Crippen molar-refractivity contribution in [1.29, 1.82) is 0 Å². The number of carbonyl (C=O) groups is 5. The Balaban J connectivity index is 5.67. The average molecular weight is 548 g/mol. The van der Waals surface area contributed by atoms with Crippen molar-refractivity contribution in [3.05, 3.63) is 0 Å². The van der Waals surface area contributed by atoms with Gasteiger partial charge in [0.1, 0.15) is 18.1 Å². The van der Waals surface area contributed by atoms with Gasteiger partial charge in [-0.2, -0.15) is 11.8 Å². The summed E-state index contributed by atoms with van der Waals surface area (Å²) in [6.07, 6.45) is 2.02. The van der Waals surface area contributed by atoms with Gasteiger partial charge >= 0.3 is 11.9 Å². The molecule has 0 aromatic carbocycles. The molecular weight excluding hydrogens is 506 g/mol. The van der Waals surface area contributed by atoms with E-state index >= 15 is 0 Å². The van der Waals surface area contributed by atoms with E-state index in [0.717, 1.165) is 0 Å². The van der Waals surface area contributed by atoms with Crippen LogP contribution in [0.1, 0.15) is 52.4 Å². The number of guanidine groups is 1. The summed E-state index contributed by atoms with van der Waals surface area (Å²) < 4.78 is 0. The molecule has 11 N–H and O–H groups in total. The van der Waals surface area contributed by atoms with Gasteiger partial charge in [0.2, 0.25) is 17.7 Å². The zero-order valence-electron chi connectivity index (χ0n) is 21.6. The highest BCUT2D eigenvalue weighted by Crippen LogP contribution is 2.08. The molecule has 0 fully saturated rings. The Morgan fingerprint density at radius 2 is 1.41 bits per heavy atom. The lowest BCUT2D eigenvalue weighted by Gasteiger charge is -2.25. The number of thioether (sulfide) groups is 1. The van der Waals surface area contributed by atoms with Gasteiger partial charge in [0, 0.05) is 13.0 Å². The van der Waals surface area contributed by atoms with Crippen LogP contribution in [-0.2, 0) is 24.0 Å². The first-order chi connectivity index (χ1) is 17.3. The molecule has 14 nitrogen and oxygen atoms in total. The maximum Gasteiger partial charge on any atom is 0.326 e. The maximum absolute atomic E-state index is 13.1. The van der Waals surface area contributed by atoms with E-state index in [2.05, 4.69) is 20.9 Å². The van der Waals surface area contributed by atoms with E-state index in [-0.39, 0.29) is 44.1 Å². The van der Waals surface area contributed by atoms with Gasteiger partial charge in [-0.1, -0.05) is 13.8 Å². The predicted molar refractivity (Wildman–Crippen MR) is 141 cm³/mol. The van der Waals surface area contributed by atoms with Crippen LogP contribution in [0, 0.1) is 5.92 Å². The largest absolute Gasteiger partial charge is 0.481 e. The highest BCUT2D eigenvalue weighted by molar-refractivity contribution is 7.98. The summed E-state index contributed by atoms with van der Waals surface area (Å²) in [5.74, 6) is -4.14. The van der Waals surface area contributed by atoms with Crippen LogP contribution in [0.4, 0.5) is 0 Å². The molecule has 15 heteroatoms. The van der Waals surface area contributed by atoms with Gasteiger partial charge in [-0.25, -0.2) is 4.79 Å². The molecule has 4 atom stereocenters. The summed E-state index contributed by atoms with van der Waals surface area (Å²) in [5, 5.41) is 25.9. The molecule has 4 unspecified atom stereocenters. The van der Waals surface area contributed by atoms with Crippen LogP contribution in [0.2, 0.25) is 0 Å². The first-order valence-electron chi connectivity index (χ1n) is 11.9. The second-order valence-electron chi connectivity index (χ2n) is 8.92. The summed E-state index contributed by atoms with van der Waals surface area (Å²) in [7, 11) is 0. The molecule has 0 heterocycles. The molecule has 3 amide bonds. The SMILES string of the molecule is CSCCC(N)C(=O)NC(CCC(=O)O)C(=O)NC(CCCN=C(N)N)C(=O)NC(CC(C)C)C(=O)O. The van der Waals surface area contributed by atoms with Gasteiger partial charge in [0.05, 0.1) is 6.04 Å². The molecule has 0 radical (unpaired) electrons. The molecule has 0 bridgehead atoms. The molecule has 0 aliphatic heterocycles. The summed E-state index contributed by atoms with van der Waals surface area (Å²) in [6.45, 7) is 3.76. The maximum atomic E-state index is 13.1. The quantitative estimate of drug-likeness (QED) is 0.0528. The van der Waals surface area contributed by atoms with Crippen LogP contribution < -0.4 is 33.2 Å². The summed E-state index contributed by atoms with van der Waals surface area (Å²) in [4.78, 5) is 65.0. The van der Waals surface area contributed by atoms with Crippen molar-refractivity contribution in [1.82, 2.24) is 16.0 Å². The number of amides is 3. The van der Waals surface area contributed by atoms with E-state index in [0.29, 0.717) is 12.2 Å². The zero-order valence-corrected chi connectivity index (χ0v) is 22.4. The lowest BCUT2D eigenvalue weighted by atomic mass is 10.0. The fraction of sp³-hybridized carbons (Fsp3) is 0.727. The van der Waals surface area contributed by atoms with Gasteiger partial charge in [-0.15, -0.1) is 0 Å². The topological polar surface area (TPSA) is 252 Å². The average Bonchev–Trinajstić information content (AvgIpc) is 2.80. The molecule has 0 rings (SSSR count). The summed E-state index contributed by atoms with van der Waals surface area (Å²) >= 11 is 1.49. The molecule has 0 aliphatic carbocycles. The predicted octanol–water partition coefficient (Wildman–Crippen LogP) is -1.43. The molecule has 0 saturated heterocycles.